The summed E-state index contributed by atoms with van der Waals surface area (Å²) in [5.41, 5.74) is 0.715. The Labute approximate surface area is 155 Å². The molecule has 2 rings (SSSR count). The van der Waals surface area contributed by atoms with Crippen LogP contribution in [0.5, 0.6) is 0 Å². The normalized spacial score (nSPS) is 11.6. The standard InChI is InChI=1S/C18H21N3O4S/c1-13(14-6-3-7-15(12-14)21(24)25)20(2)17(22)9-4-10-19-18(23)16-8-5-11-26-16/h3,5-8,11-13H,4,9-10H2,1-2H3,(H,19,23)/t13-/m1/s1. The van der Waals surface area contributed by atoms with Crippen molar-refractivity contribution in [2.75, 3.05) is 13.6 Å². The zero-order valence-corrected chi connectivity index (χ0v) is 15.5. The van der Waals surface area contributed by atoms with Crippen LogP contribution in [0, 0.1) is 10.1 Å². The van der Waals surface area contributed by atoms with E-state index in [1.807, 2.05) is 18.4 Å². The number of nitrogens with zero attached hydrogens (tertiary/aromatic N) is 2. The molecule has 1 N–H and O–H groups in total. The van der Waals surface area contributed by atoms with Crippen LogP contribution in [0.2, 0.25) is 0 Å². The molecule has 1 heterocycles. The topological polar surface area (TPSA) is 92.6 Å². The SMILES string of the molecule is C[C@H](c1cccc([N+](=O)[O-])c1)N(C)C(=O)CCCNC(=O)c1cccs1. The minimum atomic E-state index is -0.450. The molecule has 1 atom stereocenters. The highest BCUT2D eigenvalue weighted by atomic mass is 32.1. The molecule has 0 saturated heterocycles. The van der Waals surface area contributed by atoms with Gasteiger partial charge in [-0.05, 0) is 30.4 Å². The predicted octanol–water partition coefficient (Wildman–Crippen LogP) is 3.39. The first kappa shape index (κ1) is 19.6. The smallest absolute Gasteiger partial charge is 0.269 e. The summed E-state index contributed by atoms with van der Waals surface area (Å²) in [4.78, 5) is 36.8. The van der Waals surface area contributed by atoms with Crippen LogP contribution in [0.15, 0.2) is 41.8 Å². The molecule has 0 bridgehead atoms. The van der Waals surface area contributed by atoms with Gasteiger partial charge in [-0.15, -0.1) is 11.3 Å². The van der Waals surface area contributed by atoms with Crippen LogP contribution in [0.25, 0.3) is 0 Å². The number of rotatable bonds is 8. The number of benzene rings is 1. The lowest BCUT2D eigenvalue weighted by Crippen LogP contribution is -2.31. The fourth-order valence-corrected chi connectivity index (χ4v) is 3.09. The summed E-state index contributed by atoms with van der Waals surface area (Å²) in [5, 5.41) is 15.5. The van der Waals surface area contributed by atoms with Crippen molar-refractivity contribution in [3.05, 3.63) is 62.3 Å². The fourth-order valence-electron chi connectivity index (χ4n) is 2.45. The summed E-state index contributed by atoms with van der Waals surface area (Å²) in [7, 11) is 1.68. The average Bonchev–Trinajstić information content (AvgIpc) is 3.18. The summed E-state index contributed by atoms with van der Waals surface area (Å²) in [6, 6.07) is 9.57. The van der Waals surface area contributed by atoms with E-state index < -0.39 is 4.92 Å². The summed E-state index contributed by atoms with van der Waals surface area (Å²) < 4.78 is 0. The highest BCUT2D eigenvalue weighted by molar-refractivity contribution is 7.12. The first-order valence-electron chi connectivity index (χ1n) is 8.22. The molecule has 138 valence electrons. The Balaban J connectivity index is 1.82. The lowest BCUT2D eigenvalue weighted by atomic mass is 10.1. The number of nitro benzene ring substituents is 1. The Bertz CT molecular complexity index is 777. The van der Waals surface area contributed by atoms with Crippen LogP contribution in [-0.4, -0.2) is 35.2 Å². The van der Waals surface area contributed by atoms with Crippen LogP contribution in [0.4, 0.5) is 5.69 Å². The zero-order valence-electron chi connectivity index (χ0n) is 14.7. The molecule has 7 nitrogen and oxygen atoms in total. The van der Waals surface area contributed by atoms with Crippen molar-refractivity contribution >= 4 is 28.8 Å². The van der Waals surface area contributed by atoms with E-state index in [0.29, 0.717) is 29.8 Å². The van der Waals surface area contributed by atoms with Gasteiger partial charge >= 0.3 is 0 Å². The monoisotopic (exact) mass is 375 g/mol. The maximum Gasteiger partial charge on any atom is 0.269 e. The third-order valence-corrected chi connectivity index (χ3v) is 5.00. The molecule has 0 aliphatic rings. The van der Waals surface area contributed by atoms with Gasteiger partial charge < -0.3 is 10.2 Å². The van der Waals surface area contributed by atoms with Gasteiger partial charge in [0.1, 0.15) is 0 Å². The van der Waals surface area contributed by atoms with Gasteiger partial charge in [0, 0.05) is 32.1 Å². The van der Waals surface area contributed by atoms with Crippen molar-refractivity contribution in [2.45, 2.75) is 25.8 Å². The van der Waals surface area contributed by atoms with Crippen molar-refractivity contribution in [3.63, 3.8) is 0 Å². The minimum Gasteiger partial charge on any atom is -0.351 e. The maximum absolute atomic E-state index is 12.3. The molecule has 2 amide bonds. The van der Waals surface area contributed by atoms with E-state index >= 15 is 0 Å². The molecule has 0 fully saturated rings. The largest absolute Gasteiger partial charge is 0.351 e. The average molecular weight is 375 g/mol. The molecule has 2 aromatic rings. The molecule has 0 radical (unpaired) electrons. The third-order valence-electron chi connectivity index (χ3n) is 4.14. The van der Waals surface area contributed by atoms with E-state index in [9.17, 15) is 19.7 Å². The number of hydrogen-bond acceptors (Lipinski definition) is 5. The Hall–Kier alpha value is -2.74. The number of amides is 2. The first-order valence-corrected chi connectivity index (χ1v) is 9.10. The highest BCUT2D eigenvalue weighted by Gasteiger charge is 2.19. The molecule has 0 saturated carbocycles. The van der Waals surface area contributed by atoms with E-state index in [1.54, 1.807) is 30.1 Å². The molecule has 0 aliphatic carbocycles. The third kappa shape index (κ3) is 5.13. The van der Waals surface area contributed by atoms with Crippen LogP contribution in [-0.2, 0) is 4.79 Å². The highest BCUT2D eigenvalue weighted by Crippen LogP contribution is 2.23. The quantitative estimate of drug-likeness (QED) is 0.435. The van der Waals surface area contributed by atoms with Crippen LogP contribution in [0.1, 0.15) is 41.0 Å². The maximum atomic E-state index is 12.3. The summed E-state index contributed by atoms with van der Waals surface area (Å²) in [6.07, 6.45) is 0.822. The Morgan fingerprint density at radius 1 is 1.31 bits per heavy atom. The summed E-state index contributed by atoms with van der Waals surface area (Å²) >= 11 is 1.37. The van der Waals surface area contributed by atoms with Gasteiger partial charge in [-0.1, -0.05) is 18.2 Å². The molecule has 0 aliphatic heterocycles. The van der Waals surface area contributed by atoms with Crippen molar-refractivity contribution in [1.82, 2.24) is 10.2 Å². The van der Waals surface area contributed by atoms with Crippen molar-refractivity contribution in [2.24, 2.45) is 0 Å². The van der Waals surface area contributed by atoms with E-state index in [4.69, 9.17) is 0 Å². The van der Waals surface area contributed by atoms with Crippen LogP contribution >= 0.6 is 11.3 Å². The van der Waals surface area contributed by atoms with Crippen LogP contribution in [0.3, 0.4) is 0 Å². The number of nitrogens with one attached hydrogen (secondary N) is 1. The predicted molar refractivity (Wildman–Crippen MR) is 100 cm³/mol. The molecular weight excluding hydrogens is 354 g/mol. The lowest BCUT2D eigenvalue weighted by molar-refractivity contribution is -0.384. The number of non-ortho nitro benzene ring substituents is 1. The lowest BCUT2D eigenvalue weighted by Gasteiger charge is -2.25. The fraction of sp³-hybridized carbons (Fsp3) is 0.333. The Morgan fingerprint density at radius 3 is 2.73 bits per heavy atom. The van der Waals surface area contributed by atoms with E-state index in [2.05, 4.69) is 5.32 Å². The Kier molecular flexibility index (Phi) is 6.85. The second kappa shape index (κ2) is 9.10. The molecule has 26 heavy (non-hydrogen) atoms. The van der Waals surface area contributed by atoms with Gasteiger partial charge in [-0.3, -0.25) is 19.7 Å². The van der Waals surface area contributed by atoms with Crippen molar-refractivity contribution in [1.29, 1.82) is 0 Å². The van der Waals surface area contributed by atoms with Gasteiger partial charge in [0.25, 0.3) is 11.6 Å². The first-order chi connectivity index (χ1) is 12.4. The number of thiophene rings is 1. The number of carbonyl (C=O) groups is 2. The summed E-state index contributed by atoms with van der Waals surface area (Å²) in [5.74, 6) is -0.208. The Morgan fingerprint density at radius 2 is 2.08 bits per heavy atom. The second-order valence-corrected chi connectivity index (χ2v) is 6.82. The van der Waals surface area contributed by atoms with E-state index in [1.165, 1.54) is 23.5 Å². The van der Waals surface area contributed by atoms with Gasteiger partial charge in [-0.2, -0.15) is 0 Å². The minimum absolute atomic E-state index is 0.00601. The van der Waals surface area contributed by atoms with E-state index in [0.717, 1.165) is 0 Å². The van der Waals surface area contributed by atoms with E-state index in [-0.39, 0.29) is 23.5 Å². The number of hydrogen-bond donors (Lipinski definition) is 1. The molecule has 1 aromatic carbocycles. The van der Waals surface area contributed by atoms with Gasteiger partial charge in [0.05, 0.1) is 15.8 Å². The molecule has 1 aromatic heterocycles. The summed E-state index contributed by atoms with van der Waals surface area (Å²) in [6.45, 7) is 2.25. The molecule has 8 heteroatoms. The van der Waals surface area contributed by atoms with Gasteiger partial charge in [0.15, 0.2) is 0 Å². The van der Waals surface area contributed by atoms with Gasteiger partial charge in [0.2, 0.25) is 5.91 Å². The van der Waals surface area contributed by atoms with Gasteiger partial charge in [-0.25, -0.2) is 0 Å². The van der Waals surface area contributed by atoms with Crippen LogP contribution < -0.4 is 5.32 Å². The number of nitro groups is 1. The zero-order chi connectivity index (χ0) is 19.1. The molecule has 0 spiro atoms. The van der Waals surface area contributed by atoms with Crippen molar-refractivity contribution < 1.29 is 14.5 Å². The molecular formula is C18H21N3O4S. The molecule has 0 unspecified atom stereocenters. The second-order valence-electron chi connectivity index (χ2n) is 5.87. The van der Waals surface area contributed by atoms with Crippen molar-refractivity contribution in [3.8, 4) is 0 Å². The number of carbonyl (C=O) groups excluding carboxylic acids is 2.